The molecule has 0 amide bonds. The van der Waals surface area contributed by atoms with E-state index >= 15 is 0 Å². The summed E-state index contributed by atoms with van der Waals surface area (Å²) in [6, 6.07) is 8.63. The van der Waals surface area contributed by atoms with Crippen molar-refractivity contribution in [2.75, 3.05) is 0 Å². The van der Waals surface area contributed by atoms with E-state index < -0.39 is 0 Å². The zero-order valence-corrected chi connectivity index (χ0v) is 32.5. The van der Waals surface area contributed by atoms with Crippen LogP contribution in [0.3, 0.4) is 0 Å². The van der Waals surface area contributed by atoms with Gasteiger partial charge in [0.1, 0.15) is 9.40 Å². The SMILES string of the molecule is CCCCCCCCc1c(CCCCCCCC)c2c3c(sc4c(=O)n5c6cc(Br)sc6cc5c1c43)c(=O)n1c3cc(Br)sc3cc21. The Labute approximate surface area is 302 Å². The maximum absolute atomic E-state index is 14.5. The van der Waals surface area contributed by atoms with Crippen LogP contribution in [-0.2, 0) is 12.8 Å². The van der Waals surface area contributed by atoms with Crippen molar-refractivity contribution in [1.29, 1.82) is 0 Å². The number of rotatable bonds is 14. The normalized spacial score (nSPS) is 12.8. The number of nitrogens with zero attached hydrogens (tertiary/aromatic N) is 2. The summed E-state index contributed by atoms with van der Waals surface area (Å²) in [6.45, 7) is 4.55. The number of halogens is 2. The Kier molecular flexibility index (Phi) is 8.91. The molecule has 0 spiro atoms. The summed E-state index contributed by atoms with van der Waals surface area (Å²) >= 11 is 12.1. The minimum absolute atomic E-state index is 0.00278. The molecule has 4 nitrogen and oxygen atoms in total. The summed E-state index contributed by atoms with van der Waals surface area (Å²) in [6.07, 6.45) is 16.9. The van der Waals surface area contributed by atoms with Gasteiger partial charge in [0.15, 0.2) is 0 Å². The summed E-state index contributed by atoms with van der Waals surface area (Å²) in [7, 11) is 0. The minimum Gasteiger partial charge on any atom is -0.274 e. The Morgan fingerprint density at radius 3 is 1.34 bits per heavy atom. The molecule has 0 N–H and O–H groups in total. The van der Waals surface area contributed by atoms with Crippen molar-refractivity contribution in [2.45, 2.75) is 104 Å². The third-order valence-corrected chi connectivity index (χ3v) is 14.5. The number of hydrogen-bond donors (Lipinski definition) is 0. The van der Waals surface area contributed by atoms with Gasteiger partial charge in [0.25, 0.3) is 11.1 Å². The van der Waals surface area contributed by atoms with E-state index in [0.29, 0.717) is 0 Å². The zero-order chi connectivity index (χ0) is 32.4. The lowest BCUT2D eigenvalue weighted by molar-refractivity contribution is 0.600. The molecule has 0 aliphatic heterocycles. The molecule has 0 unspecified atom stereocenters. The molecule has 0 aliphatic rings. The van der Waals surface area contributed by atoms with E-state index in [1.165, 1.54) is 97.4 Å². The van der Waals surface area contributed by atoms with Crippen molar-refractivity contribution in [3.05, 3.63) is 63.7 Å². The molecule has 0 aliphatic carbocycles. The molecule has 9 heteroatoms. The molecule has 8 aromatic rings. The van der Waals surface area contributed by atoms with Gasteiger partial charge in [-0.05, 0) is 92.9 Å². The number of aromatic nitrogens is 2. The molecule has 0 bridgehead atoms. The molecule has 0 atom stereocenters. The van der Waals surface area contributed by atoms with Crippen LogP contribution in [0.15, 0.2) is 41.4 Å². The number of unbranched alkanes of at least 4 members (excludes halogenated alkanes) is 10. The van der Waals surface area contributed by atoms with Gasteiger partial charge >= 0.3 is 0 Å². The fourth-order valence-corrected chi connectivity index (χ4v) is 12.3. The first-order chi connectivity index (χ1) is 22.9. The van der Waals surface area contributed by atoms with Crippen LogP contribution in [0, 0.1) is 0 Å². The van der Waals surface area contributed by atoms with Gasteiger partial charge in [0.05, 0.1) is 39.0 Å². The number of thiophene rings is 3. The first kappa shape index (κ1) is 32.2. The Bertz CT molecular complexity index is 2360. The second-order valence-corrected chi connectivity index (χ2v) is 19.1. The van der Waals surface area contributed by atoms with Crippen molar-refractivity contribution in [2.24, 2.45) is 0 Å². The Morgan fingerprint density at radius 1 is 0.511 bits per heavy atom. The van der Waals surface area contributed by atoms with Gasteiger partial charge in [-0.1, -0.05) is 78.1 Å². The average Bonchev–Trinajstić information content (AvgIpc) is 3.84. The highest BCUT2D eigenvalue weighted by Crippen LogP contribution is 2.48. The number of benzene rings is 1. The molecule has 0 radical (unpaired) electrons. The van der Waals surface area contributed by atoms with E-state index in [0.717, 1.165) is 84.9 Å². The summed E-state index contributed by atoms with van der Waals surface area (Å²) in [5.41, 5.74) is 6.75. The lowest BCUT2D eigenvalue weighted by Crippen LogP contribution is -2.14. The number of aryl methyl sites for hydroxylation is 2. The van der Waals surface area contributed by atoms with Gasteiger partial charge < -0.3 is 0 Å². The summed E-state index contributed by atoms with van der Waals surface area (Å²) in [5, 5.41) is 4.49. The van der Waals surface area contributed by atoms with Gasteiger partial charge in [0, 0.05) is 21.5 Å². The Balaban J connectivity index is 1.46. The van der Waals surface area contributed by atoms with Crippen LogP contribution in [0.4, 0.5) is 0 Å². The van der Waals surface area contributed by atoms with Crippen molar-refractivity contribution >= 4 is 128 Å². The first-order valence-electron chi connectivity index (χ1n) is 17.3. The first-order valence-corrected chi connectivity index (χ1v) is 21.3. The van der Waals surface area contributed by atoms with Gasteiger partial charge in [-0.15, -0.1) is 34.0 Å². The monoisotopic (exact) mass is 808 g/mol. The van der Waals surface area contributed by atoms with Gasteiger partial charge in [0.2, 0.25) is 0 Å². The predicted octanol–water partition coefficient (Wildman–Crippen LogP) is 13.1. The van der Waals surface area contributed by atoms with Crippen molar-refractivity contribution in [3.63, 3.8) is 0 Å². The average molecular weight is 811 g/mol. The summed E-state index contributed by atoms with van der Waals surface area (Å²) in [4.78, 5) is 28.9. The number of pyridine rings is 2. The van der Waals surface area contributed by atoms with Crippen molar-refractivity contribution < 1.29 is 0 Å². The lowest BCUT2D eigenvalue weighted by Gasteiger charge is -2.19. The topological polar surface area (TPSA) is 43.0 Å². The maximum Gasteiger partial charge on any atom is 0.273 e. The molecule has 0 fully saturated rings. The third kappa shape index (κ3) is 5.20. The molecule has 1 aromatic carbocycles. The van der Waals surface area contributed by atoms with Gasteiger partial charge in [-0.25, -0.2) is 0 Å². The van der Waals surface area contributed by atoms with E-state index in [2.05, 4.69) is 70.0 Å². The van der Waals surface area contributed by atoms with Crippen molar-refractivity contribution in [1.82, 2.24) is 8.80 Å². The van der Waals surface area contributed by atoms with Crippen LogP contribution in [-0.4, -0.2) is 8.80 Å². The molecule has 47 heavy (non-hydrogen) atoms. The van der Waals surface area contributed by atoms with Gasteiger partial charge in [-0.2, -0.15) is 0 Å². The largest absolute Gasteiger partial charge is 0.274 e. The van der Waals surface area contributed by atoms with Gasteiger partial charge in [-0.3, -0.25) is 18.4 Å². The second-order valence-electron chi connectivity index (χ2n) is 13.2. The molecule has 7 aromatic heterocycles. The Morgan fingerprint density at radius 2 is 0.915 bits per heavy atom. The summed E-state index contributed by atoms with van der Waals surface area (Å²) < 4.78 is 9.63. The molecule has 7 heterocycles. The van der Waals surface area contributed by atoms with Crippen LogP contribution in [0.5, 0.6) is 0 Å². The second kappa shape index (κ2) is 13.0. The molecular weight excluding hydrogens is 772 g/mol. The molecule has 8 rings (SSSR count). The number of hydrogen-bond acceptors (Lipinski definition) is 5. The molecular formula is C38H38Br2N2O2S3. The summed E-state index contributed by atoms with van der Waals surface area (Å²) in [5.74, 6) is 0. The third-order valence-electron chi connectivity index (χ3n) is 10.2. The quantitative estimate of drug-likeness (QED) is 0.0811. The highest BCUT2D eigenvalue weighted by atomic mass is 79.9. The van der Waals surface area contributed by atoms with E-state index in [9.17, 15) is 9.59 Å². The van der Waals surface area contributed by atoms with Crippen molar-refractivity contribution in [3.8, 4) is 0 Å². The Hall–Kier alpha value is -2.04. The zero-order valence-electron chi connectivity index (χ0n) is 26.9. The van der Waals surface area contributed by atoms with E-state index in [1.807, 2.05) is 8.80 Å². The molecule has 244 valence electrons. The minimum atomic E-state index is -0.00278. The number of fused-ring (bicyclic) bond motifs is 8. The fourth-order valence-electron chi connectivity index (χ4n) is 8.03. The van der Waals surface area contributed by atoms with E-state index in [4.69, 9.17) is 0 Å². The highest BCUT2D eigenvalue weighted by molar-refractivity contribution is 9.11. The predicted molar refractivity (Wildman–Crippen MR) is 214 cm³/mol. The maximum atomic E-state index is 14.5. The fraction of sp³-hybridized carbons (Fsp3) is 0.421. The lowest BCUT2D eigenvalue weighted by atomic mass is 9.86. The van der Waals surface area contributed by atoms with Crippen LogP contribution in [0.2, 0.25) is 0 Å². The smallest absolute Gasteiger partial charge is 0.273 e. The highest BCUT2D eigenvalue weighted by Gasteiger charge is 2.29. The molecule has 0 saturated heterocycles. The standard InChI is InChI=1S/C38H38Br2N2O2S3/c1-3-5-7-9-11-13-15-21-22(16-14-12-10-8-6-4-2)32-26-18-28-24(20-30(40)46-28)42(26)38(44)36-34(32)33-31(21)25-17-27-23(19-29(39)45-27)41(25)37(43)35(33)47-36/h17-20H,3-16H2,1-2H3. The van der Waals surface area contributed by atoms with E-state index in [1.54, 1.807) is 22.7 Å². The van der Waals surface area contributed by atoms with Crippen LogP contribution in [0.25, 0.3) is 62.4 Å². The van der Waals surface area contributed by atoms with Crippen LogP contribution in [0.1, 0.15) is 102 Å². The van der Waals surface area contributed by atoms with Crippen LogP contribution < -0.4 is 11.1 Å². The molecule has 0 saturated carbocycles. The van der Waals surface area contributed by atoms with E-state index in [-0.39, 0.29) is 11.1 Å². The van der Waals surface area contributed by atoms with Crippen LogP contribution >= 0.6 is 65.9 Å².